The van der Waals surface area contributed by atoms with Crippen molar-refractivity contribution in [3.63, 3.8) is 0 Å². The second-order valence-corrected chi connectivity index (χ2v) is 9.29. The largest absolute Gasteiger partial charge is 0.439 e. The lowest BCUT2D eigenvalue weighted by molar-refractivity contribution is -0.141. The molecule has 3 atom stereocenters. The van der Waals surface area contributed by atoms with Crippen LogP contribution in [0.2, 0.25) is 0 Å². The molecule has 1 saturated heterocycles. The van der Waals surface area contributed by atoms with Crippen molar-refractivity contribution >= 4 is 11.5 Å². The molecule has 1 unspecified atom stereocenters. The molecule has 2 N–H and O–H groups in total. The van der Waals surface area contributed by atoms with Gasteiger partial charge >= 0.3 is 6.18 Å². The van der Waals surface area contributed by atoms with Crippen LogP contribution in [0.3, 0.4) is 0 Å². The number of alkyl halides is 3. The van der Waals surface area contributed by atoms with Crippen LogP contribution in [0.5, 0.6) is 11.6 Å². The summed E-state index contributed by atoms with van der Waals surface area (Å²) in [6.45, 7) is 7.04. The Hall–Kier alpha value is -3.18. The highest BCUT2D eigenvalue weighted by atomic mass is 19.4. The Bertz CT molecular complexity index is 1170. The molecule has 4 heterocycles. The molecular weight excluding hydrogens is 463 g/mol. The molecule has 0 aliphatic carbocycles. The normalized spacial score (nSPS) is 21.1. The van der Waals surface area contributed by atoms with E-state index in [0.717, 1.165) is 6.07 Å². The zero-order valence-electron chi connectivity index (χ0n) is 19.9. The van der Waals surface area contributed by atoms with Gasteiger partial charge in [0.15, 0.2) is 5.69 Å². The van der Waals surface area contributed by atoms with E-state index in [2.05, 4.69) is 20.4 Å². The Balaban J connectivity index is 1.60. The lowest BCUT2D eigenvalue weighted by atomic mass is 10.0. The van der Waals surface area contributed by atoms with E-state index < -0.39 is 17.5 Å². The Morgan fingerprint density at radius 2 is 1.71 bits per heavy atom. The van der Waals surface area contributed by atoms with E-state index in [0.29, 0.717) is 35.8 Å². The Labute approximate surface area is 201 Å². The van der Waals surface area contributed by atoms with E-state index >= 15 is 0 Å². The lowest BCUT2D eigenvalue weighted by Crippen LogP contribution is -2.31. The summed E-state index contributed by atoms with van der Waals surface area (Å²) in [7, 11) is 0. The number of rotatable bonds is 6. The molecule has 188 valence electrons. The minimum Gasteiger partial charge on any atom is -0.439 e. The first-order valence-corrected chi connectivity index (χ1v) is 11.3. The van der Waals surface area contributed by atoms with Crippen molar-refractivity contribution in [3.05, 3.63) is 54.1 Å². The summed E-state index contributed by atoms with van der Waals surface area (Å²) in [4.78, 5) is 8.42. The third kappa shape index (κ3) is 6.09. The number of nitrogens with zero attached hydrogens (tertiary/aromatic N) is 4. The van der Waals surface area contributed by atoms with E-state index in [1.54, 1.807) is 44.3 Å². The maximum atomic E-state index is 13.5. The minimum absolute atomic E-state index is 0.00555. The summed E-state index contributed by atoms with van der Waals surface area (Å²) in [6, 6.07) is 7.15. The smallest absolute Gasteiger partial charge is 0.435 e. The summed E-state index contributed by atoms with van der Waals surface area (Å²) < 4.78 is 53.3. The number of aliphatic hydroxyl groups is 1. The molecule has 0 spiro atoms. The van der Waals surface area contributed by atoms with Gasteiger partial charge in [0.2, 0.25) is 5.88 Å². The fourth-order valence-corrected chi connectivity index (χ4v) is 4.08. The van der Waals surface area contributed by atoms with Crippen molar-refractivity contribution in [1.82, 2.24) is 19.7 Å². The molecule has 0 aromatic carbocycles. The van der Waals surface area contributed by atoms with Gasteiger partial charge in [-0.15, -0.1) is 0 Å². The van der Waals surface area contributed by atoms with Gasteiger partial charge in [-0.1, -0.05) is 0 Å². The van der Waals surface area contributed by atoms with E-state index in [9.17, 15) is 18.3 Å². The van der Waals surface area contributed by atoms with Crippen molar-refractivity contribution < 1.29 is 27.8 Å². The first-order valence-electron chi connectivity index (χ1n) is 11.3. The fraction of sp³-hybridized carbons (Fsp3) is 0.458. The number of halogens is 3. The average Bonchev–Trinajstić information content (AvgIpc) is 3.17. The zero-order valence-corrected chi connectivity index (χ0v) is 19.9. The standard InChI is InChI=1S/C24H28F3N5O3/c1-14-9-17(10-15(2)34-14)32-22(13-20(31-32)24(25,26)27)35-18-6-8-29-21(12-18)30-16-5-7-28-19(11-16)23(3,4)33/h5-8,11-15,17,33H,9-10H2,1-4H3,(H,28,29,30)/t14-,15+,17?. The van der Waals surface area contributed by atoms with Crippen LogP contribution in [0, 0.1) is 0 Å². The first kappa shape index (κ1) is 24.9. The molecule has 0 saturated carbocycles. The molecule has 8 nitrogen and oxygen atoms in total. The number of hydrogen-bond donors (Lipinski definition) is 2. The molecule has 0 amide bonds. The van der Waals surface area contributed by atoms with Crippen LogP contribution < -0.4 is 10.1 Å². The maximum Gasteiger partial charge on any atom is 0.435 e. The molecule has 3 aromatic rings. The van der Waals surface area contributed by atoms with Crippen molar-refractivity contribution in [3.8, 4) is 11.6 Å². The molecule has 1 aliphatic rings. The number of hydrogen-bond acceptors (Lipinski definition) is 7. The van der Waals surface area contributed by atoms with Crippen molar-refractivity contribution in [2.24, 2.45) is 0 Å². The second kappa shape index (κ2) is 9.46. The van der Waals surface area contributed by atoms with E-state index in [1.807, 2.05) is 13.8 Å². The molecule has 35 heavy (non-hydrogen) atoms. The number of nitrogens with one attached hydrogen (secondary N) is 1. The maximum absolute atomic E-state index is 13.5. The van der Waals surface area contributed by atoms with Crippen LogP contribution in [0.25, 0.3) is 0 Å². The van der Waals surface area contributed by atoms with Crippen molar-refractivity contribution in [2.45, 2.75) is 70.6 Å². The topological polar surface area (TPSA) is 94.3 Å². The number of anilines is 2. The third-order valence-corrected chi connectivity index (χ3v) is 5.62. The SMILES string of the molecule is C[C@@H]1CC(n2nc(C(F)(F)F)cc2Oc2ccnc(Nc3ccnc(C(C)(C)O)c3)c2)C[C@H](C)O1. The van der Waals surface area contributed by atoms with Gasteiger partial charge < -0.3 is 19.9 Å². The summed E-state index contributed by atoms with van der Waals surface area (Å²) in [6.07, 6.45) is -0.732. The minimum atomic E-state index is -4.60. The van der Waals surface area contributed by atoms with Gasteiger partial charge in [0.1, 0.15) is 17.2 Å². The fourth-order valence-electron chi connectivity index (χ4n) is 4.08. The summed E-state index contributed by atoms with van der Waals surface area (Å²) in [5.41, 5.74) is -1.03. The average molecular weight is 492 g/mol. The summed E-state index contributed by atoms with van der Waals surface area (Å²) in [5.74, 6) is 0.696. The Morgan fingerprint density at radius 1 is 1.03 bits per heavy atom. The van der Waals surface area contributed by atoms with Crippen LogP contribution in [0.1, 0.15) is 58.0 Å². The van der Waals surface area contributed by atoms with E-state index in [1.165, 1.54) is 10.9 Å². The van der Waals surface area contributed by atoms with E-state index in [-0.39, 0.29) is 24.1 Å². The highest BCUT2D eigenvalue weighted by Gasteiger charge is 2.37. The van der Waals surface area contributed by atoms with Gasteiger partial charge in [-0.3, -0.25) is 4.98 Å². The highest BCUT2D eigenvalue weighted by molar-refractivity contribution is 5.57. The monoisotopic (exact) mass is 491 g/mol. The first-order chi connectivity index (χ1) is 16.4. The van der Waals surface area contributed by atoms with Gasteiger partial charge in [0.25, 0.3) is 0 Å². The van der Waals surface area contributed by atoms with Crippen molar-refractivity contribution in [2.75, 3.05) is 5.32 Å². The molecular formula is C24H28F3N5O3. The molecule has 0 radical (unpaired) electrons. The van der Waals surface area contributed by atoms with Gasteiger partial charge in [0.05, 0.1) is 23.9 Å². The van der Waals surface area contributed by atoms with Crippen LogP contribution >= 0.6 is 0 Å². The quantitative estimate of drug-likeness (QED) is 0.465. The Morgan fingerprint density at radius 3 is 2.37 bits per heavy atom. The third-order valence-electron chi connectivity index (χ3n) is 5.62. The van der Waals surface area contributed by atoms with Gasteiger partial charge in [-0.05, 0) is 58.7 Å². The van der Waals surface area contributed by atoms with Crippen LogP contribution in [0.4, 0.5) is 24.7 Å². The van der Waals surface area contributed by atoms with Crippen molar-refractivity contribution in [1.29, 1.82) is 0 Å². The molecule has 1 aliphatic heterocycles. The molecule has 0 bridgehead atoms. The van der Waals surface area contributed by atoms with Gasteiger partial charge in [-0.2, -0.15) is 18.3 Å². The second-order valence-electron chi connectivity index (χ2n) is 9.29. The zero-order chi connectivity index (χ0) is 25.4. The van der Waals surface area contributed by atoms with Crippen LogP contribution in [-0.4, -0.2) is 37.1 Å². The van der Waals surface area contributed by atoms with Crippen LogP contribution in [-0.2, 0) is 16.5 Å². The predicted octanol–water partition coefficient (Wildman–Crippen LogP) is 5.58. The Kier molecular flexibility index (Phi) is 6.74. The predicted molar refractivity (Wildman–Crippen MR) is 123 cm³/mol. The molecule has 4 rings (SSSR count). The molecule has 3 aromatic heterocycles. The van der Waals surface area contributed by atoms with Gasteiger partial charge in [-0.25, -0.2) is 9.67 Å². The molecule has 1 fully saturated rings. The van der Waals surface area contributed by atoms with Gasteiger partial charge in [0, 0.05) is 30.2 Å². The number of aromatic nitrogens is 4. The highest BCUT2D eigenvalue weighted by Crippen LogP contribution is 2.38. The molecule has 11 heteroatoms. The summed E-state index contributed by atoms with van der Waals surface area (Å²) in [5, 5.41) is 17.1. The van der Waals surface area contributed by atoms with Crippen LogP contribution in [0.15, 0.2) is 42.7 Å². The summed E-state index contributed by atoms with van der Waals surface area (Å²) >= 11 is 0. The number of pyridine rings is 2. The number of ether oxygens (including phenoxy) is 2. The van der Waals surface area contributed by atoms with E-state index in [4.69, 9.17) is 9.47 Å². The lowest BCUT2D eigenvalue weighted by Gasteiger charge is -2.32.